The van der Waals surface area contributed by atoms with Crippen molar-refractivity contribution in [3.05, 3.63) is 11.3 Å². The van der Waals surface area contributed by atoms with Gasteiger partial charge in [0.25, 0.3) is 0 Å². The third-order valence-electron chi connectivity index (χ3n) is 3.43. The van der Waals surface area contributed by atoms with Crippen LogP contribution in [0, 0.1) is 0 Å². The molecule has 2 rings (SSSR count). The molecule has 1 fully saturated rings. The molecule has 1 saturated heterocycles. The highest BCUT2D eigenvalue weighted by Crippen LogP contribution is 2.26. The molecule has 2 aliphatic rings. The van der Waals surface area contributed by atoms with Crippen molar-refractivity contribution in [1.82, 2.24) is 0 Å². The van der Waals surface area contributed by atoms with Gasteiger partial charge in [0, 0.05) is 12.3 Å². The van der Waals surface area contributed by atoms with Crippen molar-refractivity contribution in [3.63, 3.8) is 0 Å². The van der Waals surface area contributed by atoms with Crippen LogP contribution in [-0.4, -0.2) is 21.1 Å². The van der Waals surface area contributed by atoms with Crippen molar-refractivity contribution in [2.75, 3.05) is 6.61 Å². The topological polar surface area (TPSA) is 9.23 Å². The van der Waals surface area contributed by atoms with Crippen LogP contribution in [0.25, 0.3) is 0 Å². The molecule has 1 nitrogen and oxygen atoms in total. The Hall–Kier alpha value is -0.0831. The fourth-order valence-electron chi connectivity index (χ4n) is 2.51. The smallest absolute Gasteiger partial charge is 0.0955 e. The van der Waals surface area contributed by atoms with E-state index in [0.29, 0.717) is 5.73 Å². The maximum absolute atomic E-state index is 5.87. The highest BCUT2D eigenvalue weighted by atomic mass is 28.3. The summed E-state index contributed by atoms with van der Waals surface area (Å²) in [7, 11) is -0.697. The molecule has 0 aromatic rings. The van der Waals surface area contributed by atoms with Crippen LogP contribution in [0.4, 0.5) is 0 Å². The van der Waals surface area contributed by atoms with E-state index in [0.717, 1.165) is 6.61 Å². The normalized spacial score (nSPS) is 31.5. The zero-order chi connectivity index (χ0) is 9.10. The molecule has 2 heteroatoms. The molecule has 0 N–H and O–H groups in total. The van der Waals surface area contributed by atoms with Gasteiger partial charge in [-0.2, -0.15) is 0 Å². The van der Waals surface area contributed by atoms with Crippen LogP contribution in [0.1, 0.15) is 38.5 Å². The molecule has 1 heterocycles. The number of hydrogen-bond acceptors (Lipinski definition) is 1. The Labute approximate surface area is 82.8 Å². The molecule has 0 bridgehead atoms. The van der Waals surface area contributed by atoms with Gasteiger partial charge in [0.05, 0.1) is 8.80 Å². The summed E-state index contributed by atoms with van der Waals surface area (Å²) in [6.45, 7) is 3.50. The maximum Gasteiger partial charge on any atom is 0.0955 e. The molecule has 0 amide bonds. The van der Waals surface area contributed by atoms with Crippen molar-refractivity contribution in [2.45, 2.75) is 50.8 Å². The van der Waals surface area contributed by atoms with Gasteiger partial charge < -0.3 is 4.74 Å². The molecule has 0 saturated carbocycles. The van der Waals surface area contributed by atoms with Crippen molar-refractivity contribution < 1.29 is 4.74 Å². The summed E-state index contributed by atoms with van der Waals surface area (Å²) in [4.78, 5) is 0. The predicted octanol–water partition coefficient (Wildman–Crippen LogP) is 2.60. The van der Waals surface area contributed by atoms with E-state index in [1.54, 1.807) is 5.20 Å². The van der Waals surface area contributed by atoms with E-state index in [-0.39, 0.29) is 0 Å². The van der Waals surface area contributed by atoms with Crippen LogP contribution >= 0.6 is 0 Å². The zero-order valence-corrected chi connectivity index (χ0v) is 9.74. The summed E-state index contributed by atoms with van der Waals surface area (Å²) >= 11 is 0. The lowest BCUT2D eigenvalue weighted by atomic mass is 10.2. The van der Waals surface area contributed by atoms with E-state index in [9.17, 15) is 0 Å². The third-order valence-corrected chi connectivity index (χ3v) is 6.77. The van der Waals surface area contributed by atoms with E-state index in [1.165, 1.54) is 38.5 Å². The Morgan fingerprint density at radius 1 is 1.38 bits per heavy atom. The summed E-state index contributed by atoms with van der Waals surface area (Å²) in [6, 6.07) is 0. The summed E-state index contributed by atoms with van der Waals surface area (Å²) in [5.74, 6) is 0. The van der Waals surface area contributed by atoms with Crippen molar-refractivity contribution in [1.29, 1.82) is 0 Å². The van der Waals surface area contributed by atoms with E-state index in [2.05, 4.69) is 12.6 Å². The lowest BCUT2D eigenvalue weighted by Crippen LogP contribution is -2.35. The molecule has 0 spiro atoms. The molecule has 0 aromatic carbocycles. The highest BCUT2D eigenvalue weighted by Gasteiger charge is 2.25. The van der Waals surface area contributed by atoms with Crippen molar-refractivity contribution >= 4 is 8.80 Å². The average molecular weight is 196 g/mol. The Balaban J connectivity index is 1.90. The summed E-state index contributed by atoms with van der Waals surface area (Å²) in [5.41, 5.74) is 0.665. The second-order valence-electron chi connectivity index (χ2n) is 4.36. The second kappa shape index (κ2) is 4.42. The van der Waals surface area contributed by atoms with E-state index >= 15 is 0 Å². The zero-order valence-electron chi connectivity index (χ0n) is 8.59. The Kier molecular flexibility index (Phi) is 3.22. The minimum atomic E-state index is -0.697. The van der Waals surface area contributed by atoms with Gasteiger partial charge in [-0.25, -0.2) is 0 Å². The lowest BCUT2D eigenvalue weighted by Gasteiger charge is -2.28. The van der Waals surface area contributed by atoms with Gasteiger partial charge in [-0.15, -0.1) is 0 Å². The van der Waals surface area contributed by atoms with Gasteiger partial charge in [-0.05, 0) is 38.5 Å². The molecule has 1 aliphatic carbocycles. The lowest BCUT2D eigenvalue weighted by molar-refractivity contribution is 0.0633. The molecule has 13 heavy (non-hydrogen) atoms. The van der Waals surface area contributed by atoms with Gasteiger partial charge >= 0.3 is 0 Å². The van der Waals surface area contributed by atoms with Gasteiger partial charge in [-0.3, -0.25) is 0 Å². The summed E-state index contributed by atoms with van der Waals surface area (Å²) in [6.07, 6.45) is 10.6. The summed E-state index contributed by atoms with van der Waals surface area (Å²) < 4.78 is 5.87. The number of rotatable bonds is 2. The van der Waals surface area contributed by atoms with E-state index < -0.39 is 8.80 Å². The first kappa shape index (κ1) is 9.47. The molecular weight excluding hydrogens is 176 g/mol. The fourth-order valence-corrected chi connectivity index (χ4v) is 5.34. The monoisotopic (exact) mass is 196 g/mol. The Bertz CT molecular complexity index is 194. The van der Waals surface area contributed by atoms with Gasteiger partial charge in [0.15, 0.2) is 0 Å². The van der Waals surface area contributed by atoms with Crippen LogP contribution < -0.4 is 0 Å². The average Bonchev–Trinajstić information content (AvgIpc) is 2.71. The van der Waals surface area contributed by atoms with Crippen LogP contribution in [-0.2, 0) is 4.74 Å². The molecule has 0 radical (unpaired) electrons. The highest BCUT2D eigenvalue weighted by molar-refractivity contribution is 6.66. The molecule has 2 atom stereocenters. The largest absolute Gasteiger partial charge is 0.382 e. The fraction of sp³-hybridized carbons (Fsp3) is 0.818. The van der Waals surface area contributed by atoms with E-state index in [1.807, 2.05) is 0 Å². The first-order chi connectivity index (χ1) is 6.38. The van der Waals surface area contributed by atoms with Crippen LogP contribution in [0.2, 0.25) is 6.55 Å². The van der Waals surface area contributed by atoms with Crippen molar-refractivity contribution in [3.8, 4) is 0 Å². The van der Waals surface area contributed by atoms with Crippen LogP contribution in [0.15, 0.2) is 11.3 Å². The number of hydrogen-bond donors (Lipinski definition) is 0. The molecular formula is C11H20OSi. The van der Waals surface area contributed by atoms with Crippen LogP contribution in [0.5, 0.6) is 0 Å². The first-order valence-electron chi connectivity index (χ1n) is 5.68. The SMILES string of the molecule is C[SiH](C1=CCCC1)C1CCCCO1. The number of allylic oxidation sites excluding steroid dienone is 2. The Morgan fingerprint density at radius 3 is 2.92 bits per heavy atom. The maximum atomic E-state index is 5.87. The Morgan fingerprint density at radius 2 is 2.31 bits per heavy atom. The van der Waals surface area contributed by atoms with Gasteiger partial charge in [-0.1, -0.05) is 17.8 Å². The minimum Gasteiger partial charge on any atom is -0.382 e. The van der Waals surface area contributed by atoms with Crippen LogP contribution in [0.3, 0.4) is 0 Å². The van der Waals surface area contributed by atoms with Crippen molar-refractivity contribution in [2.24, 2.45) is 0 Å². The van der Waals surface area contributed by atoms with Gasteiger partial charge in [0.2, 0.25) is 0 Å². The minimum absolute atomic E-state index is 0.665. The third kappa shape index (κ3) is 2.23. The standard InChI is InChI=1S/C11H20OSi/c1-13(10-6-2-3-7-10)11-8-4-5-9-12-11/h6,11,13H,2-5,7-9H2,1H3. The first-order valence-corrected chi connectivity index (χ1v) is 8.08. The summed E-state index contributed by atoms with van der Waals surface area (Å²) in [5, 5.41) is 1.80. The van der Waals surface area contributed by atoms with E-state index in [4.69, 9.17) is 4.74 Å². The number of ether oxygens (including phenoxy) is 1. The molecule has 74 valence electrons. The molecule has 2 unspecified atom stereocenters. The second-order valence-corrected chi connectivity index (χ2v) is 7.43. The molecule has 1 aliphatic heterocycles. The van der Waals surface area contributed by atoms with Gasteiger partial charge in [0.1, 0.15) is 0 Å². The quantitative estimate of drug-likeness (QED) is 0.617. The predicted molar refractivity (Wildman–Crippen MR) is 58.5 cm³/mol. The molecule has 0 aromatic heterocycles.